The molecule has 0 atom stereocenters. The van der Waals surface area contributed by atoms with Crippen LogP contribution < -0.4 is 5.32 Å². The Morgan fingerprint density at radius 1 is 1.41 bits per heavy atom. The van der Waals surface area contributed by atoms with E-state index in [4.69, 9.17) is 0 Å². The summed E-state index contributed by atoms with van der Waals surface area (Å²) in [5.41, 5.74) is 2.43. The van der Waals surface area contributed by atoms with Crippen LogP contribution in [0.3, 0.4) is 0 Å². The average Bonchev–Trinajstić information content (AvgIpc) is 3.12. The molecule has 10 heteroatoms. The number of aromatic nitrogens is 7. The molecule has 0 aliphatic rings. The molecule has 9 nitrogen and oxygen atoms in total. The fourth-order valence-corrected chi connectivity index (χ4v) is 2.47. The second-order valence-corrected chi connectivity index (χ2v) is 5.40. The van der Waals surface area contributed by atoms with Gasteiger partial charge >= 0.3 is 0 Å². The largest absolute Gasteiger partial charge is 0.295 e. The van der Waals surface area contributed by atoms with E-state index < -0.39 is 0 Å². The van der Waals surface area contributed by atoms with Crippen LogP contribution in [0.2, 0.25) is 0 Å². The van der Waals surface area contributed by atoms with E-state index in [1.807, 2.05) is 20.1 Å². The van der Waals surface area contributed by atoms with Crippen molar-refractivity contribution in [3.05, 3.63) is 23.3 Å². The van der Waals surface area contributed by atoms with Crippen molar-refractivity contribution in [3.63, 3.8) is 0 Å². The number of fused-ring (bicyclic) bond motifs is 1. The molecular formula is C12H14N8OS. The Morgan fingerprint density at radius 3 is 2.91 bits per heavy atom. The van der Waals surface area contributed by atoms with E-state index in [2.05, 4.69) is 35.6 Å². The maximum atomic E-state index is 12.1. The van der Waals surface area contributed by atoms with E-state index in [1.165, 1.54) is 18.1 Å². The number of carbonyl (C=O) groups excluding carboxylic acids is 1. The van der Waals surface area contributed by atoms with Crippen LogP contribution in [0.15, 0.2) is 11.5 Å². The van der Waals surface area contributed by atoms with Crippen LogP contribution in [0.25, 0.3) is 5.78 Å². The summed E-state index contributed by atoms with van der Waals surface area (Å²) in [6.07, 6.45) is 3.41. The van der Waals surface area contributed by atoms with Gasteiger partial charge in [-0.25, -0.2) is 14.6 Å². The Labute approximate surface area is 130 Å². The van der Waals surface area contributed by atoms with Crippen molar-refractivity contribution >= 4 is 29.4 Å². The molecule has 0 aliphatic heterocycles. The van der Waals surface area contributed by atoms with Gasteiger partial charge in [0.2, 0.25) is 17.0 Å². The van der Waals surface area contributed by atoms with Gasteiger partial charge in [0.1, 0.15) is 6.33 Å². The summed E-state index contributed by atoms with van der Waals surface area (Å²) < 4.78 is 1.66. The lowest BCUT2D eigenvalue weighted by atomic mass is 10.1. The number of carbonyl (C=O) groups is 1. The Kier molecular flexibility index (Phi) is 3.75. The number of H-pyrrole nitrogens is 1. The molecule has 0 saturated carbocycles. The van der Waals surface area contributed by atoms with Crippen LogP contribution in [0, 0.1) is 13.8 Å². The van der Waals surface area contributed by atoms with Gasteiger partial charge in [-0.15, -0.1) is 5.10 Å². The Bertz CT molecular complexity index is 825. The number of rotatable bonds is 4. The summed E-state index contributed by atoms with van der Waals surface area (Å²) >= 11 is 1.45. The molecule has 0 spiro atoms. The van der Waals surface area contributed by atoms with Crippen LogP contribution in [-0.4, -0.2) is 46.9 Å². The lowest BCUT2D eigenvalue weighted by Crippen LogP contribution is -2.18. The van der Waals surface area contributed by atoms with Gasteiger partial charge in [-0.3, -0.25) is 10.1 Å². The third-order valence-corrected chi connectivity index (χ3v) is 3.76. The number of amides is 1. The molecule has 3 heterocycles. The molecule has 1 amide bonds. The number of anilines is 1. The third-order valence-electron chi connectivity index (χ3n) is 3.22. The first kappa shape index (κ1) is 14.4. The van der Waals surface area contributed by atoms with E-state index in [0.29, 0.717) is 16.9 Å². The summed E-state index contributed by atoms with van der Waals surface area (Å²) in [5.74, 6) is 0.660. The summed E-state index contributed by atoms with van der Waals surface area (Å²) in [6.45, 7) is 3.76. The standard InChI is InChI=1S/C12H14N8OS/c1-6-8(4-9(21)16-10-13-5-14-18-10)7(2)20-11(15-6)17-12(19-20)22-3/h5H,4H2,1-3H3,(H2,13,14,16,18,21). The van der Waals surface area contributed by atoms with Crippen molar-refractivity contribution in [2.45, 2.75) is 25.4 Å². The van der Waals surface area contributed by atoms with Gasteiger partial charge in [0.15, 0.2) is 0 Å². The van der Waals surface area contributed by atoms with E-state index in [1.54, 1.807) is 4.52 Å². The highest BCUT2D eigenvalue weighted by atomic mass is 32.2. The number of hydrogen-bond donors (Lipinski definition) is 2. The minimum absolute atomic E-state index is 0.176. The Balaban J connectivity index is 1.91. The molecule has 0 radical (unpaired) electrons. The zero-order chi connectivity index (χ0) is 15.7. The minimum Gasteiger partial charge on any atom is -0.295 e. The molecular weight excluding hydrogens is 304 g/mol. The van der Waals surface area contributed by atoms with Gasteiger partial charge < -0.3 is 0 Å². The number of aryl methyl sites for hydroxylation is 2. The number of nitrogens with one attached hydrogen (secondary N) is 2. The zero-order valence-corrected chi connectivity index (χ0v) is 13.1. The van der Waals surface area contributed by atoms with Crippen molar-refractivity contribution < 1.29 is 4.79 Å². The fraction of sp³-hybridized carbons (Fsp3) is 0.333. The molecule has 22 heavy (non-hydrogen) atoms. The minimum atomic E-state index is -0.200. The summed E-state index contributed by atoms with van der Waals surface area (Å²) in [5, 5.41) is 13.9. The molecule has 3 aromatic rings. The normalized spacial score (nSPS) is 11.0. The third kappa shape index (κ3) is 2.64. The van der Waals surface area contributed by atoms with Crippen LogP contribution in [0.1, 0.15) is 17.0 Å². The molecule has 0 aromatic carbocycles. The highest BCUT2D eigenvalue weighted by molar-refractivity contribution is 7.98. The molecule has 2 N–H and O–H groups in total. The molecule has 0 unspecified atom stereocenters. The SMILES string of the molecule is CSc1nc2nc(C)c(CC(=O)Nc3ncn[nH]3)c(C)n2n1. The van der Waals surface area contributed by atoms with E-state index in [-0.39, 0.29) is 12.3 Å². The van der Waals surface area contributed by atoms with Crippen LogP contribution >= 0.6 is 11.8 Å². The molecule has 0 aliphatic carbocycles. The first-order valence-electron chi connectivity index (χ1n) is 6.50. The quantitative estimate of drug-likeness (QED) is 0.683. The molecule has 114 valence electrons. The van der Waals surface area contributed by atoms with Crippen molar-refractivity contribution in [1.82, 2.24) is 34.8 Å². The van der Waals surface area contributed by atoms with Crippen LogP contribution in [-0.2, 0) is 11.2 Å². The molecule has 3 aromatic heterocycles. The van der Waals surface area contributed by atoms with E-state index in [9.17, 15) is 4.79 Å². The molecule has 3 rings (SSSR count). The van der Waals surface area contributed by atoms with Gasteiger partial charge in [-0.1, -0.05) is 11.8 Å². The highest BCUT2D eigenvalue weighted by Crippen LogP contribution is 2.17. The van der Waals surface area contributed by atoms with Crippen molar-refractivity contribution in [1.29, 1.82) is 0 Å². The van der Waals surface area contributed by atoms with Gasteiger partial charge in [-0.05, 0) is 20.1 Å². The Hall–Kier alpha value is -2.49. The second kappa shape index (κ2) is 5.72. The van der Waals surface area contributed by atoms with Crippen molar-refractivity contribution in [2.24, 2.45) is 0 Å². The van der Waals surface area contributed by atoms with E-state index in [0.717, 1.165) is 17.0 Å². The van der Waals surface area contributed by atoms with Gasteiger partial charge in [-0.2, -0.15) is 15.1 Å². The van der Waals surface area contributed by atoms with Gasteiger partial charge in [0.25, 0.3) is 5.78 Å². The monoisotopic (exact) mass is 318 g/mol. The highest BCUT2D eigenvalue weighted by Gasteiger charge is 2.16. The first-order chi connectivity index (χ1) is 10.6. The smallest absolute Gasteiger partial charge is 0.253 e. The van der Waals surface area contributed by atoms with Gasteiger partial charge in [0.05, 0.1) is 6.42 Å². The topological polar surface area (TPSA) is 114 Å². The average molecular weight is 318 g/mol. The predicted molar refractivity (Wildman–Crippen MR) is 80.8 cm³/mol. The number of hydrogen-bond acceptors (Lipinski definition) is 7. The number of thioether (sulfide) groups is 1. The molecule has 0 bridgehead atoms. The summed E-state index contributed by atoms with van der Waals surface area (Å²) in [7, 11) is 0. The lowest BCUT2D eigenvalue weighted by molar-refractivity contribution is -0.115. The first-order valence-corrected chi connectivity index (χ1v) is 7.73. The predicted octanol–water partition coefficient (Wildman–Crippen LogP) is 0.762. The summed E-state index contributed by atoms with van der Waals surface area (Å²) in [4.78, 5) is 24.7. The van der Waals surface area contributed by atoms with E-state index >= 15 is 0 Å². The van der Waals surface area contributed by atoms with Gasteiger partial charge in [0, 0.05) is 17.0 Å². The zero-order valence-electron chi connectivity index (χ0n) is 12.3. The van der Waals surface area contributed by atoms with Crippen molar-refractivity contribution in [3.8, 4) is 0 Å². The fourth-order valence-electron chi connectivity index (χ4n) is 2.13. The number of aromatic amines is 1. The summed E-state index contributed by atoms with van der Waals surface area (Å²) in [6, 6.07) is 0. The second-order valence-electron chi connectivity index (χ2n) is 4.63. The maximum absolute atomic E-state index is 12.1. The lowest BCUT2D eigenvalue weighted by Gasteiger charge is -2.09. The van der Waals surface area contributed by atoms with Crippen LogP contribution in [0.4, 0.5) is 5.95 Å². The maximum Gasteiger partial charge on any atom is 0.253 e. The van der Waals surface area contributed by atoms with Crippen LogP contribution in [0.5, 0.6) is 0 Å². The Morgan fingerprint density at radius 2 is 2.23 bits per heavy atom. The number of nitrogens with zero attached hydrogens (tertiary/aromatic N) is 6. The molecule has 0 fully saturated rings. The molecule has 0 saturated heterocycles. The van der Waals surface area contributed by atoms with Crippen molar-refractivity contribution in [2.75, 3.05) is 11.6 Å².